The molecule has 5 nitrogen and oxygen atoms in total. The van der Waals surface area contributed by atoms with Crippen molar-refractivity contribution < 1.29 is 19.5 Å². The first kappa shape index (κ1) is 14.0. The molecule has 5 heteroatoms. The highest BCUT2D eigenvalue weighted by Gasteiger charge is 2.20. The molecule has 0 saturated carbocycles. The number of amides is 1. The number of carbonyl (C=O) groups excluding carboxylic acids is 1. The van der Waals surface area contributed by atoms with Crippen LogP contribution in [0.15, 0.2) is 0 Å². The van der Waals surface area contributed by atoms with Crippen molar-refractivity contribution in [2.45, 2.75) is 45.4 Å². The predicted octanol–water partition coefficient (Wildman–Crippen LogP) is 1.82. The monoisotopic (exact) mass is 243 g/mol. The van der Waals surface area contributed by atoms with Crippen molar-refractivity contribution >= 4 is 11.9 Å². The molecule has 0 aliphatic carbocycles. The van der Waals surface area contributed by atoms with E-state index in [1.807, 2.05) is 6.92 Å². The van der Waals surface area contributed by atoms with Gasteiger partial charge >= 0.3 is 5.97 Å². The van der Waals surface area contributed by atoms with E-state index in [0.29, 0.717) is 31.9 Å². The van der Waals surface area contributed by atoms with E-state index in [4.69, 9.17) is 9.94 Å². The third-order valence-corrected chi connectivity index (χ3v) is 3.14. The quantitative estimate of drug-likeness (QED) is 0.740. The fourth-order valence-electron chi connectivity index (χ4n) is 1.96. The summed E-state index contributed by atoms with van der Waals surface area (Å²) in [4.78, 5) is 27.2. The molecule has 1 fully saturated rings. The molecule has 0 radical (unpaired) electrons. The van der Waals surface area contributed by atoms with Gasteiger partial charge in [-0.25, -0.2) is 5.06 Å². The Morgan fingerprint density at radius 1 is 1.53 bits per heavy atom. The number of hydroxylamine groups is 2. The topological polar surface area (TPSA) is 66.8 Å². The highest BCUT2D eigenvalue weighted by molar-refractivity contribution is 5.75. The van der Waals surface area contributed by atoms with Crippen LogP contribution in [0.1, 0.15) is 45.4 Å². The Bertz CT molecular complexity index is 267. The van der Waals surface area contributed by atoms with Crippen molar-refractivity contribution in [3.05, 3.63) is 0 Å². The second-order valence-corrected chi connectivity index (χ2v) is 4.43. The van der Waals surface area contributed by atoms with Crippen LogP contribution < -0.4 is 0 Å². The fourth-order valence-corrected chi connectivity index (χ4v) is 1.96. The zero-order valence-corrected chi connectivity index (χ0v) is 10.4. The van der Waals surface area contributed by atoms with E-state index in [-0.39, 0.29) is 12.3 Å². The number of rotatable bonds is 7. The average Bonchev–Trinajstić information content (AvgIpc) is 2.31. The van der Waals surface area contributed by atoms with Gasteiger partial charge in [0, 0.05) is 19.4 Å². The van der Waals surface area contributed by atoms with Crippen LogP contribution in [0.4, 0.5) is 0 Å². The lowest BCUT2D eigenvalue weighted by Crippen LogP contribution is -2.36. The standard InChI is InChI=1S/C12H21NO4/c1-2-10(5-6-12(15)16)7-8-13-11(14)4-3-9-17-13/h10H,2-9H2,1H3,(H,15,16). The van der Waals surface area contributed by atoms with Crippen LogP contribution in [-0.4, -0.2) is 35.2 Å². The van der Waals surface area contributed by atoms with Gasteiger partial charge in [-0.1, -0.05) is 13.3 Å². The van der Waals surface area contributed by atoms with E-state index in [1.165, 1.54) is 5.06 Å². The summed E-state index contributed by atoms with van der Waals surface area (Å²) in [5.74, 6) is -0.359. The maximum atomic E-state index is 11.5. The van der Waals surface area contributed by atoms with Crippen LogP contribution in [0, 0.1) is 5.92 Å². The zero-order chi connectivity index (χ0) is 12.7. The summed E-state index contributed by atoms with van der Waals surface area (Å²) in [6, 6.07) is 0. The molecule has 1 rings (SSSR count). The van der Waals surface area contributed by atoms with Gasteiger partial charge in [0.25, 0.3) is 0 Å². The Labute approximate surface area is 102 Å². The Kier molecular flexibility index (Phi) is 5.97. The molecule has 1 unspecified atom stereocenters. The van der Waals surface area contributed by atoms with E-state index >= 15 is 0 Å². The minimum atomic E-state index is -0.756. The SMILES string of the molecule is CCC(CCC(=O)O)CCN1OCCCC1=O. The molecule has 0 aromatic carbocycles. The summed E-state index contributed by atoms with van der Waals surface area (Å²) >= 11 is 0. The zero-order valence-electron chi connectivity index (χ0n) is 10.4. The summed E-state index contributed by atoms with van der Waals surface area (Å²) in [6.07, 6.45) is 3.99. The Hall–Kier alpha value is -1.10. The Morgan fingerprint density at radius 2 is 2.29 bits per heavy atom. The first-order valence-corrected chi connectivity index (χ1v) is 6.28. The minimum Gasteiger partial charge on any atom is -0.481 e. The molecule has 17 heavy (non-hydrogen) atoms. The summed E-state index contributed by atoms with van der Waals surface area (Å²) < 4.78 is 0. The lowest BCUT2D eigenvalue weighted by Gasteiger charge is -2.27. The third kappa shape index (κ3) is 5.17. The van der Waals surface area contributed by atoms with E-state index < -0.39 is 5.97 Å². The molecule has 0 bridgehead atoms. The number of carbonyl (C=O) groups is 2. The maximum absolute atomic E-state index is 11.5. The molecule has 1 amide bonds. The van der Waals surface area contributed by atoms with E-state index in [0.717, 1.165) is 19.3 Å². The van der Waals surface area contributed by atoms with Crippen molar-refractivity contribution in [1.29, 1.82) is 0 Å². The molecule has 98 valence electrons. The molecule has 0 spiro atoms. The first-order chi connectivity index (χ1) is 8.13. The summed E-state index contributed by atoms with van der Waals surface area (Å²) in [7, 11) is 0. The maximum Gasteiger partial charge on any atom is 0.303 e. The van der Waals surface area contributed by atoms with Gasteiger partial charge in [0.1, 0.15) is 0 Å². The molecule has 1 atom stereocenters. The molecule has 1 N–H and O–H groups in total. The molecule has 0 aromatic rings. The van der Waals surface area contributed by atoms with Gasteiger partial charge in [-0.05, 0) is 25.2 Å². The predicted molar refractivity (Wildman–Crippen MR) is 62.2 cm³/mol. The molecule has 0 aromatic heterocycles. The van der Waals surface area contributed by atoms with E-state index in [9.17, 15) is 9.59 Å². The van der Waals surface area contributed by atoms with Gasteiger partial charge in [-0.3, -0.25) is 14.4 Å². The van der Waals surface area contributed by atoms with Crippen LogP contribution in [0.25, 0.3) is 0 Å². The summed E-state index contributed by atoms with van der Waals surface area (Å²) in [5, 5.41) is 10.1. The number of aliphatic carboxylic acids is 1. The van der Waals surface area contributed by atoms with Gasteiger partial charge in [-0.2, -0.15) is 0 Å². The molecular weight excluding hydrogens is 222 g/mol. The largest absolute Gasteiger partial charge is 0.481 e. The van der Waals surface area contributed by atoms with Gasteiger partial charge in [0.15, 0.2) is 0 Å². The third-order valence-electron chi connectivity index (χ3n) is 3.14. The van der Waals surface area contributed by atoms with Gasteiger partial charge in [0.2, 0.25) is 5.91 Å². The second kappa shape index (κ2) is 7.27. The summed E-state index contributed by atoms with van der Waals surface area (Å²) in [5.41, 5.74) is 0. The highest BCUT2D eigenvalue weighted by atomic mass is 16.7. The van der Waals surface area contributed by atoms with Crippen LogP contribution in [0.2, 0.25) is 0 Å². The van der Waals surface area contributed by atoms with Crippen molar-refractivity contribution in [1.82, 2.24) is 5.06 Å². The van der Waals surface area contributed by atoms with Crippen LogP contribution in [-0.2, 0) is 14.4 Å². The van der Waals surface area contributed by atoms with Crippen molar-refractivity contribution in [3.8, 4) is 0 Å². The fraction of sp³-hybridized carbons (Fsp3) is 0.833. The van der Waals surface area contributed by atoms with Gasteiger partial charge < -0.3 is 5.11 Å². The van der Waals surface area contributed by atoms with Crippen molar-refractivity contribution in [2.24, 2.45) is 5.92 Å². The lowest BCUT2D eigenvalue weighted by molar-refractivity contribution is -0.199. The Morgan fingerprint density at radius 3 is 2.88 bits per heavy atom. The molecule has 1 aliphatic heterocycles. The van der Waals surface area contributed by atoms with Gasteiger partial charge in [0.05, 0.1) is 6.61 Å². The van der Waals surface area contributed by atoms with Crippen LogP contribution in [0.5, 0.6) is 0 Å². The normalized spacial score (nSPS) is 18.2. The smallest absolute Gasteiger partial charge is 0.303 e. The Balaban J connectivity index is 2.26. The number of carboxylic acid groups (broad SMARTS) is 1. The molecule has 1 aliphatic rings. The minimum absolute atomic E-state index is 0.0457. The van der Waals surface area contributed by atoms with Crippen molar-refractivity contribution in [2.75, 3.05) is 13.2 Å². The number of hydrogen-bond acceptors (Lipinski definition) is 3. The average molecular weight is 243 g/mol. The van der Waals surface area contributed by atoms with Gasteiger partial charge in [-0.15, -0.1) is 0 Å². The molecule has 1 saturated heterocycles. The second-order valence-electron chi connectivity index (χ2n) is 4.43. The molecule has 1 heterocycles. The van der Waals surface area contributed by atoms with Crippen LogP contribution >= 0.6 is 0 Å². The van der Waals surface area contributed by atoms with Crippen LogP contribution in [0.3, 0.4) is 0 Å². The van der Waals surface area contributed by atoms with E-state index in [1.54, 1.807) is 0 Å². The summed E-state index contributed by atoms with van der Waals surface area (Å²) in [6.45, 7) is 3.24. The first-order valence-electron chi connectivity index (χ1n) is 6.28. The molecular formula is C12H21NO4. The highest BCUT2D eigenvalue weighted by Crippen LogP contribution is 2.17. The number of nitrogens with zero attached hydrogens (tertiary/aromatic N) is 1. The number of carboxylic acids is 1. The van der Waals surface area contributed by atoms with E-state index in [2.05, 4.69) is 0 Å². The van der Waals surface area contributed by atoms with Crippen molar-refractivity contribution in [3.63, 3.8) is 0 Å². The number of hydrogen-bond donors (Lipinski definition) is 1. The lowest BCUT2D eigenvalue weighted by atomic mass is 9.96.